The molecule has 0 spiro atoms. The molecule has 1 atom stereocenters. The molecule has 0 saturated heterocycles. The van der Waals surface area contributed by atoms with Gasteiger partial charge in [-0.25, -0.2) is 0 Å². The average Bonchev–Trinajstić information content (AvgIpc) is 2.38. The maximum Gasteiger partial charge on any atom is 0.251 e. The number of pyridine rings is 1. The summed E-state index contributed by atoms with van der Waals surface area (Å²) in [7, 11) is 0. The van der Waals surface area contributed by atoms with Gasteiger partial charge >= 0.3 is 0 Å². The number of nitrogen functional groups attached to an aromatic ring is 1. The molecule has 1 heterocycles. The number of aliphatic hydroxyl groups excluding tert-OH is 1. The SMILES string of the molecule is CC(CO)CCCNC(=O)Cn1cc(N)ccc1=O. The summed E-state index contributed by atoms with van der Waals surface area (Å²) in [6, 6.07) is 2.85. The van der Waals surface area contributed by atoms with Crippen LogP contribution in [0.2, 0.25) is 0 Å². The Balaban J connectivity index is 2.35. The normalized spacial score (nSPS) is 12.1. The van der Waals surface area contributed by atoms with E-state index in [-0.39, 0.29) is 30.5 Å². The maximum atomic E-state index is 11.6. The number of anilines is 1. The lowest BCUT2D eigenvalue weighted by atomic mass is 10.1. The second-order valence-corrected chi connectivity index (χ2v) is 4.71. The fourth-order valence-electron chi connectivity index (χ4n) is 1.65. The van der Waals surface area contributed by atoms with Gasteiger partial charge in [-0.15, -0.1) is 0 Å². The molecule has 0 aliphatic heterocycles. The minimum atomic E-state index is -0.252. The third kappa shape index (κ3) is 5.56. The van der Waals surface area contributed by atoms with Crippen LogP contribution >= 0.6 is 0 Å². The predicted molar refractivity (Wildman–Crippen MR) is 73.6 cm³/mol. The van der Waals surface area contributed by atoms with Crippen LogP contribution in [0.15, 0.2) is 23.1 Å². The van der Waals surface area contributed by atoms with E-state index >= 15 is 0 Å². The summed E-state index contributed by atoms with van der Waals surface area (Å²) < 4.78 is 1.28. The highest BCUT2D eigenvalue weighted by atomic mass is 16.3. The van der Waals surface area contributed by atoms with Crippen molar-refractivity contribution in [1.82, 2.24) is 9.88 Å². The molecule has 106 valence electrons. The van der Waals surface area contributed by atoms with E-state index < -0.39 is 0 Å². The molecule has 0 bridgehead atoms. The first kappa shape index (κ1) is 15.2. The number of hydrogen-bond acceptors (Lipinski definition) is 4. The Morgan fingerprint density at radius 3 is 2.95 bits per heavy atom. The van der Waals surface area contributed by atoms with E-state index in [4.69, 9.17) is 10.8 Å². The summed E-state index contributed by atoms with van der Waals surface area (Å²) in [5, 5.41) is 11.6. The van der Waals surface area contributed by atoms with Crippen LogP contribution in [0.3, 0.4) is 0 Å². The van der Waals surface area contributed by atoms with Crippen molar-refractivity contribution < 1.29 is 9.90 Å². The molecule has 6 heteroatoms. The monoisotopic (exact) mass is 267 g/mol. The van der Waals surface area contributed by atoms with Crippen LogP contribution in [0.1, 0.15) is 19.8 Å². The molecule has 6 nitrogen and oxygen atoms in total. The Bertz CT molecular complexity index is 470. The third-order valence-electron chi connectivity index (χ3n) is 2.83. The molecule has 4 N–H and O–H groups in total. The number of nitrogens with zero attached hydrogens (tertiary/aromatic N) is 1. The van der Waals surface area contributed by atoms with E-state index in [1.807, 2.05) is 6.92 Å². The van der Waals surface area contributed by atoms with Crippen molar-refractivity contribution >= 4 is 11.6 Å². The minimum absolute atomic E-state index is 0.0283. The van der Waals surface area contributed by atoms with E-state index in [0.29, 0.717) is 12.2 Å². The van der Waals surface area contributed by atoms with Gasteiger partial charge in [-0.3, -0.25) is 9.59 Å². The second-order valence-electron chi connectivity index (χ2n) is 4.71. The molecule has 1 aromatic heterocycles. The quantitative estimate of drug-likeness (QED) is 0.604. The Labute approximate surface area is 112 Å². The molecule has 0 aliphatic carbocycles. The zero-order chi connectivity index (χ0) is 14.3. The molecular formula is C13H21N3O3. The number of aliphatic hydroxyl groups is 1. The average molecular weight is 267 g/mol. The summed E-state index contributed by atoms with van der Waals surface area (Å²) in [5.41, 5.74) is 5.76. The van der Waals surface area contributed by atoms with Gasteiger partial charge in [-0.05, 0) is 24.8 Å². The lowest BCUT2D eigenvalue weighted by Crippen LogP contribution is -2.32. The molecule has 1 aromatic rings. The van der Waals surface area contributed by atoms with Gasteiger partial charge in [-0.1, -0.05) is 6.92 Å². The Morgan fingerprint density at radius 2 is 2.26 bits per heavy atom. The Morgan fingerprint density at radius 1 is 1.53 bits per heavy atom. The number of rotatable bonds is 7. The number of nitrogens with two attached hydrogens (primary N) is 1. The van der Waals surface area contributed by atoms with E-state index in [1.165, 1.54) is 22.9 Å². The largest absolute Gasteiger partial charge is 0.398 e. The Hall–Kier alpha value is -1.82. The van der Waals surface area contributed by atoms with Crippen molar-refractivity contribution in [1.29, 1.82) is 0 Å². The molecule has 0 radical (unpaired) electrons. The van der Waals surface area contributed by atoms with Crippen LogP contribution in [-0.4, -0.2) is 28.7 Å². The molecule has 0 fully saturated rings. The van der Waals surface area contributed by atoms with Crippen molar-refractivity contribution in [2.75, 3.05) is 18.9 Å². The van der Waals surface area contributed by atoms with E-state index in [9.17, 15) is 9.59 Å². The van der Waals surface area contributed by atoms with Gasteiger partial charge in [0.1, 0.15) is 6.54 Å². The highest BCUT2D eigenvalue weighted by Gasteiger charge is 2.05. The lowest BCUT2D eigenvalue weighted by molar-refractivity contribution is -0.121. The van der Waals surface area contributed by atoms with Crippen LogP contribution in [0.5, 0.6) is 0 Å². The van der Waals surface area contributed by atoms with Gasteiger partial charge in [0.05, 0.1) is 0 Å². The molecular weight excluding hydrogens is 246 g/mol. The van der Waals surface area contributed by atoms with Gasteiger partial charge in [0.15, 0.2) is 0 Å². The van der Waals surface area contributed by atoms with E-state index in [2.05, 4.69) is 5.32 Å². The fourth-order valence-corrected chi connectivity index (χ4v) is 1.65. The smallest absolute Gasteiger partial charge is 0.251 e. The zero-order valence-electron chi connectivity index (χ0n) is 11.1. The van der Waals surface area contributed by atoms with Crippen molar-refractivity contribution in [2.45, 2.75) is 26.3 Å². The highest BCUT2D eigenvalue weighted by Crippen LogP contribution is 2.02. The van der Waals surface area contributed by atoms with Crippen molar-refractivity contribution in [2.24, 2.45) is 5.92 Å². The summed E-state index contributed by atoms with van der Waals surface area (Å²) in [6.45, 7) is 2.63. The number of amides is 1. The van der Waals surface area contributed by atoms with Gasteiger partial charge in [-0.2, -0.15) is 0 Å². The first-order valence-electron chi connectivity index (χ1n) is 6.36. The fraction of sp³-hybridized carbons (Fsp3) is 0.538. The number of carbonyl (C=O) groups excluding carboxylic acids is 1. The van der Waals surface area contributed by atoms with Crippen molar-refractivity contribution in [3.8, 4) is 0 Å². The predicted octanol–water partition coefficient (Wildman–Crippen LogP) is -0.0447. The standard InChI is InChI=1S/C13H21N3O3/c1-10(9-17)3-2-6-15-12(18)8-16-7-11(14)4-5-13(16)19/h4-5,7,10,17H,2-3,6,8-9,14H2,1H3,(H,15,18). The van der Waals surface area contributed by atoms with Crippen molar-refractivity contribution in [3.05, 3.63) is 28.7 Å². The summed E-state index contributed by atoms with van der Waals surface area (Å²) >= 11 is 0. The number of nitrogens with one attached hydrogen (secondary N) is 1. The van der Waals surface area contributed by atoms with Crippen LogP contribution in [0.25, 0.3) is 0 Å². The number of hydrogen-bond donors (Lipinski definition) is 3. The molecule has 0 aliphatic rings. The molecule has 19 heavy (non-hydrogen) atoms. The molecule has 1 rings (SSSR count). The van der Waals surface area contributed by atoms with Crippen molar-refractivity contribution in [3.63, 3.8) is 0 Å². The second kappa shape index (κ2) is 7.58. The number of carbonyl (C=O) groups is 1. The number of aromatic nitrogens is 1. The third-order valence-corrected chi connectivity index (χ3v) is 2.83. The van der Waals surface area contributed by atoms with E-state index in [1.54, 1.807) is 0 Å². The van der Waals surface area contributed by atoms with E-state index in [0.717, 1.165) is 12.8 Å². The first-order valence-corrected chi connectivity index (χ1v) is 6.36. The first-order chi connectivity index (χ1) is 9.02. The molecule has 0 saturated carbocycles. The van der Waals surface area contributed by atoms with Crippen LogP contribution in [-0.2, 0) is 11.3 Å². The minimum Gasteiger partial charge on any atom is -0.398 e. The molecule has 1 unspecified atom stereocenters. The highest BCUT2D eigenvalue weighted by molar-refractivity contribution is 5.75. The van der Waals surface area contributed by atoms with Gasteiger partial charge < -0.3 is 20.7 Å². The van der Waals surface area contributed by atoms with Crippen LogP contribution in [0, 0.1) is 5.92 Å². The zero-order valence-corrected chi connectivity index (χ0v) is 11.1. The van der Waals surface area contributed by atoms with Crippen LogP contribution in [0.4, 0.5) is 5.69 Å². The lowest BCUT2D eigenvalue weighted by Gasteiger charge is -2.09. The van der Waals surface area contributed by atoms with Gasteiger partial charge in [0.25, 0.3) is 5.56 Å². The van der Waals surface area contributed by atoms with Gasteiger partial charge in [0, 0.05) is 31.1 Å². The van der Waals surface area contributed by atoms with Gasteiger partial charge in [0.2, 0.25) is 5.91 Å². The molecule has 1 amide bonds. The topological polar surface area (TPSA) is 97.3 Å². The summed E-state index contributed by atoms with van der Waals surface area (Å²) in [5.74, 6) is 0.0257. The van der Waals surface area contributed by atoms with Crippen LogP contribution < -0.4 is 16.6 Å². The summed E-state index contributed by atoms with van der Waals surface area (Å²) in [6.07, 6.45) is 3.12. The maximum absolute atomic E-state index is 11.6. The molecule has 0 aromatic carbocycles. The summed E-state index contributed by atoms with van der Waals surface area (Å²) in [4.78, 5) is 23.1. The Kier molecular flexibility index (Phi) is 6.08.